The number of hydrogen-bond acceptors (Lipinski definition) is 0. The summed E-state index contributed by atoms with van der Waals surface area (Å²) in [5, 5.41) is 0. The molecule has 0 amide bonds. The zero-order chi connectivity index (χ0) is 7.40. The third-order valence-corrected chi connectivity index (χ3v) is 4.03. The number of rotatable bonds is 3. The molecule has 56 valence electrons. The van der Waals surface area contributed by atoms with Gasteiger partial charge in [-0.1, -0.05) is 13.8 Å². The average Bonchev–Trinajstić information content (AvgIpc) is 2.43. The van der Waals surface area contributed by atoms with Crippen LogP contribution < -0.4 is 0 Å². The Morgan fingerprint density at radius 3 is 2.00 bits per heavy atom. The first kappa shape index (κ1) is 7.81. The van der Waals surface area contributed by atoms with Gasteiger partial charge in [0.15, 0.2) is 0 Å². The maximum absolute atomic E-state index is 2.34. The van der Waals surface area contributed by atoms with Gasteiger partial charge < -0.3 is 4.34 Å². The Morgan fingerprint density at radius 1 is 1.10 bits per heavy atom. The van der Waals surface area contributed by atoms with Gasteiger partial charge in [0.25, 0.3) is 0 Å². The topological polar surface area (TPSA) is 4.93 Å². The molecule has 2 heteroatoms. The van der Waals surface area contributed by atoms with Crippen LogP contribution in [0.15, 0.2) is 24.5 Å². The van der Waals surface area contributed by atoms with E-state index >= 15 is 0 Å². The molecule has 10 heavy (non-hydrogen) atoms. The molecule has 1 aromatic heterocycles. The summed E-state index contributed by atoms with van der Waals surface area (Å²) in [4.78, 5) is 0. The fourth-order valence-electron chi connectivity index (χ4n) is 1.06. The Hall–Kier alpha value is -0.290. The largest absolute Gasteiger partial charge is 0.333 e. The lowest BCUT2D eigenvalue weighted by molar-refractivity contribution is 1.20. The zero-order valence-electron chi connectivity index (χ0n) is 6.62. The fourth-order valence-corrected chi connectivity index (χ4v) is 2.70. The lowest BCUT2D eigenvalue weighted by atomic mass is 10.7. The molecule has 0 aliphatic carbocycles. The molecule has 0 spiro atoms. The standard InChI is InChI=1S/C8H14NP/c1-3-10(4-2)9-7-5-6-8-9/h5-8H,3-4H2,1-2H3. The van der Waals surface area contributed by atoms with Crippen LogP contribution in [0.25, 0.3) is 0 Å². The minimum absolute atomic E-state index is 0.102. The Kier molecular flexibility index (Phi) is 2.95. The normalized spacial score (nSPS) is 10.7. The van der Waals surface area contributed by atoms with Crippen molar-refractivity contribution < 1.29 is 0 Å². The lowest BCUT2D eigenvalue weighted by Gasteiger charge is -2.13. The molecule has 0 aliphatic heterocycles. The summed E-state index contributed by atoms with van der Waals surface area (Å²) < 4.78 is 2.34. The molecule has 0 unspecified atom stereocenters. The predicted molar refractivity (Wildman–Crippen MR) is 47.8 cm³/mol. The third kappa shape index (κ3) is 1.60. The highest BCUT2D eigenvalue weighted by Crippen LogP contribution is 2.35. The van der Waals surface area contributed by atoms with Gasteiger partial charge in [0.05, 0.1) is 0 Å². The minimum Gasteiger partial charge on any atom is -0.333 e. The van der Waals surface area contributed by atoms with Gasteiger partial charge in [-0.3, -0.25) is 0 Å². The maximum atomic E-state index is 2.34. The smallest absolute Gasteiger partial charge is 0.00737 e. The average molecular weight is 155 g/mol. The van der Waals surface area contributed by atoms with Crippen LogP contribution in [-0.2, 0) is 0 Å². The van der Waals surface area contributed by atoms with Crippen molar-refractivity contribution in [3.63, 3.8) is 0 Å². The summed E-state index contributed by atoms with van der Waals surface area (Å²) in [6.07, 6.45) is 6.92. The second kappa shape index (κ2) is 3.78. The molecule has 0 atom stereocenters. The van der Waals surface area contributed by atoms with Gasteiger partial charge in [0.2, 0.25) is 0 Å². The molecular formula is C8H14NP. The van der Waals surface area contributed by atoms with Crippen molar-refractivity contribution in [2.45, 2.75) is 13.8 Å². The van der Waals surface area contributed by atoms with Crippen LogP contribution in [0.3, 0.4) is 0 Å². The molecule has 0 N–H and O–H groups in total. The van der Waals surface area contributed by atoms with E-state index in [0.717, 1.165) is 0 Å². The Labute approximate surface area is 63.9 Å². The van der Waals surface area contributed by atoms with Gasteiger partial charge in [-0.05, 0) is 32.5 Å². The summed E-state index contributed by atoms with van der Waals surface area (Å²) in [5.41, 5.74) is 0. The molecule has 0 fully saturated rings. The summed E-state index contributed by atoms with van der Waals surface area (Å²) in [6, 6.07) is 4.20. The van der Waals surface area contributed by atoms with Crippen molar-refractivity contribution >= 4 is 8.07 Å². The molecule has 0 aromatic carbocycles. The Bertz CT molecular complexity index is 165. The van der Waals surface area contributed by atoms with E-state index in [1.807, 2.05) is 0 Å². The van der Waals surface area contributed by atoms with Crippen molar-refractivity contribution in [2.24, 2.45) is 0 Å². The summed E-state index contributed by atoms with van der Waals surface area (Å²) in [5.74, 6) is 0. The Balaban J connectivity index is 2.64. The van der Waals surface area contributed by atoms with E-state index < -0.39 is 0 Å². The van der Waals surface area contributed by atoms with Crippen LogP contribution in [0.1, 0.15) is 13.8 Å². The van der Waals surface area contributed by atoms with E-state index in [-0.39, 0.29) is 8.07 Å². The molecule has 1 nitrogen and oxygen atoms in total. The molecule has 0 bridgehead atoms. The lowest BCUT2D eigenvalue weighted by Crippen LogP contribution is -1.92. The fraction of sp³-hybridized carbons (Fsp3) is 0.500. The highest BCUT2D eigenvalue weighted by atomic mass is 31.1. The zero-order valence-corrected chi connectivity index (χ0v) is 7.51. The van der Waals surface area contributed by atoms with Crippen LogP contribution in [-0.4, -0.2) is 16.7 Å². The van der Waals surface area contributed by atoms with Crippen molar-refractivity contribution in [3.05, 3.63) is 24.5 Å². The number of nitrogens with zero attached hydrogens (tertiary/aromatic N) is 1. The van der Waals surface area contributed by atoms with Gasteiger partial charge in [-0.15, -0.1) is 0 Å². The SMILES string of the molecule is CCP(CC)n1cccc1. The predicted octanol–water partition coefficient (Wildman–Crippen LogP) is 2.77. The van der Waals surface area contributed by atoms with E-state index in [9.17, 15) is 0 Å². The number of aromatic nitrogens is 1. The first-order chi connectivity index (χ1) is 4.88. The van der Waals surface area contributed by atoms with Crippen LogP contribution >= 0.6 is 8.07 Å². The molecular weight excluding hydrogens is 141 g/mol. The van der Waals surface area contributed by atoms with Crippen LogP contribution in [0, 0.1) is 0 Å². The monoisotopic (exact) mass is 155 g/mol. The van der Waals surface area contributed by atoms with Crippen LogP contribution in [0.5, 0.6) is 0 Å². The third-order valence-electron chi connectivity index (χ3n) is 1.65. The second-order valence-corrected chi connectivity index (χ2v) is 4.94. The first-order valence-corrected chi connectivity index (χ1v) is 5.43. The van der Waals surface area contributed by atoms with E-state index in [2.05, 4.69) is 42.7 Å². The van der Waals surface area contributed by atoms with E-state index in [0.29, 0.717) is 0 Å². The van der Waals surface area contributed by atoms with Crippen molar-refractivity contribution in [1.82, 2.24) is 4.34 Å². The highest BCUT2D eigenvalue weighted by molar-refractivity contribution is 7.55. The molecule has 1 aromatic rings. The van der Waals surface area contributed by atoms with Crippen molar-refractivity contribution in [3.8, 4) is 0 Å². The molecule has 0 saturated heterocycles. The van der Waals surface area contributed by atoms with Gasteiger partial charge >= 0.3 is 0 Å². The highest BCUT2D eigenvalue weighted by Gasteiger charge is 2.01. The van der Waals surface area contributed by atoms with E-state index in [1.54, 1.807) is 0 Å². The van der Waals surface area contributed by atoms with Gasteiger partial charge in [0, 0.05) is 12.4 Å². The first-order valence-electron chi connectivity index (χ1n) is 3.76. The molecule has 0 saturated carbocycles. The van der Waals surface area contributed by atoms with Crippen LogP contribution in [0.2, 0.25) is 0 Å². The summed E-state index contributed by atoms with van der Waals surface area (Å²) in [7, 11) is 0.102. The second-order valence-electron chi connectivity index (χ2n) is 2.20. The van der Waals surface area contributed by atoms with Gasteiger partial charge in [0.1, 0.15) is 0 Å². The Morgan fingerprint density at radius 2 is 1.60 bits per heavy atom. The quantitative estimate of drug-likeness (QED) is 0.591. The van der Waals surface area contributed by atoms with Gasteiger partial charge in [-0.2, -0.15) is 0 Å². The maximum Gasteiger partial charge on any atom is 0.00737 e. The van der Waals surface area contributed by atoms with Crippen molar-refractivity contribution in [1.29, 1.82) is 0 Å². The molecule has 1 rings (SSSR count). The molecule has 1 heterocycles. The summed E-state index contributed by atoms with van der Waals surface area (Å²) in [6.45, 7) is 4.52. The molecule has 0 aliphatic rings. The minimum atomic E-state index is 0.102. The van der Waals surface area contributed by atoms with Gasteiger partial charge in [-0.25, -0.2) is 0 Å². The van der Waals surface area contributed by atoms with E-state index in [1.165, 1.54) is 12.3 Å². The van der Waals surface area contributed by atoms with Crippen LogP contribution in [0.4, 0.5) is 0 Å². The molecule has 0 radical (unpaired) electrons. The summed E-state index contributed by atoms with van der Waals surface area (Å²) >= 11 is 0. The van der Waals surface area contributed by atoms with E-state index in [4.69, 9.17) is 0 Å². The van der Waals surface area contributed by atoms with Crippen molar-refractivity contribution in [2.75, 3.05) is 12.3 Å². The number of hydrogen-bond donors (Lipinski definition) is 0.